The molecule has 3 heteroatoms. The van der Waals surface area contributed by atoms with E-state index in [2.05, 4.69) is 5.32 Å². The molecule has 1 N–H and O–H groups in total. The van der Waals surface area contributed by atoms with Gasteiger partial charge in [0.1, 0.15) is 5.75 Å². The molecule has 14 heavy (non-hydrogen) atoms. The molecule has 1 aliphatic rings. The summed E-state index contributed by atoms with van der Waals surface area (Å²) in [5, 5.41) is 2.81. The molecule has 0 aromatic heterocycles. The van der Waals surface area contributed by atoms with Crippen LogP contribution in [0.1, 0.15) is 18.9 Å². The predicted octanol–water partition coefficient (Wildman–Crippen LogP) is 1.97. The van der Waals surface area contributed by atoms with E-state index < -0.39 is 0 Å². The van der Waals surface area contributed by atoms with Gasteiger partial charge >= 0.3 is 0 Å². The van der Waals surface area contributed by atoms with Gasteiger partial charge < -0.3 is 10.1 Å². The van der Waals surface area contributed by atoms with Crippen LogP contribution in [-0.4, -0.2) is 12.5 Å². The molecule has 1 heterocycles. The molecule has 1 amide bonds. The number of fused-ring (bicyclic) bond motifs is 1. The van der Waals surface area contributed by atoms with Gasteiger partial charge in [-0.05, 0) is 25.0 Å². The van der Waals surface area contributed by atoms with Gasteiger partial charge in [-0.25, -0.2) is 0 Å². The number of carbonyl (C=O) groups excluding carboxylic acids is 1. The minimum atomic E-state index is -0.0380. The molecule has 0 unspecified atom stereocenters. The summed E-state index contributed by atoms with van der Waals surface area (Å²) in [6.45, 7) is 2.29. The fourth-order valence-corrected chi connectivity index (χ4v) is 1.70. The third-order valence-corrected chi connectivity index (χ3v) is 2.27. The summed E-state index contributed by atoms with van der Waals surface area (Å²) in [5.41, 5.74) is 2.00. The van der Waals surface area contributed by atoms with Crippen LogP contribution < -0.4 is 10.1 Å². The van der Waals surface area contributed by atoms with Gasteiger partial charge in [-0.3, -0.25) is 4.79 Å². The Morgan fingerprint density at radius 3 is 3.14 bits per heavy atom. The molecular formula is C11H13NO2. The lowest BCUT2D eigenvalue weighted by Gasteiger charge is -2.19. The van der Waals surface area contributed by atoms with Crippen LogP contribution in [0.2, 0.25) is 0 Å². The first-order valence-corrected chi connectivity index (χ1v) is 4.79. The van der Waals surface area contributed by atoms with Crippen molar-refractivity contribution >= 4 is 11.6 Å². The Hall–Kier alpha value is -1.51. The van der Waals surface area contributed by atoms with Crippen molar-refractivity contribution in [1.29, 1.82) is 0 Å². The highest BCUT2D eigenvalue weighted by molar-refractivity contribution is 5.90. The lowest BCUT2D eigenvalue weighted by atomic mass is 10.0. The van der Waals surface area contributed by atoms with Crippen molar-refractivity contribution in [2.75, 3.05) is 11.9 Å². The lowest BCUT2D eigenvalue weighted by Crippen LogP contribution is -2.13. The van der Waals surface area contributed by atoms with E-state index in [-0.39, 0.29) is 5.91 Å². The Morgan fingerprint density at radius 1 is 1.50 bits per heavy atom. The summed E-state index contributed by atoms with van der Waals surface area (Å²) in [6, 6.07) is 5.75. The summed E-state index contributed by atoms with van der Waals surface area (Å²) < 4.78 is 5.49. The zero-order valence-corrected chi connectivity index (χ0v) is 8.17. The van der Waals surface area contributed by atoms with Gasteiger partial charge in [0.05, 0.1) is 6.61 Å². The van der Waals surface area contributed by atoms with E-state index in [1.807, 2.05) is 18.2 Å². The lowest BCUT2D eigenvalue weighted by molar-refractivity contribution is -0.114. The first-order chi connectivity index (χ1) is 6.77. The standard InChI is InChI=1S/C11H13NO2/c1-8(13)12-10-5-2-6-11-9(10)4-3-7-14-11/h2,5-6H,3-4,7H2,1H3,(H,12,13). The fraction of sp³-hybridized carbons (Fsp3) is 0.364. The highest BCUT2D eigenvalue weighted by Crippen LogP contribution is 2.30. The molecule has 0 atom stereocenters. The van der Waals surface area contributed by atoms with Gasteiger partial charge in [-0.15, -0.1) is 0 Å². The van der Waals surface area contributed by atoms with Crippen molar-refractivity contribution in [3.63, 3.8) is 0 Å². The van der Waals surface area contributed by atoms with Crippen LogP contribution in [0.5, 0.6) is 5.75 Å². The number of anilines is 1. The number of hydrogen-bond donors (Lipinski definition) is 1. The molecule has 1 aliphatic heterocycles. The number of ether oxygens (including phenoxy) is 1. The maximum Gasteiger partial charge on any atom is 0.221 e. The molecule has 0 saturated heterocycles. The highest BCUT2D eigenvalue weighted by atomic mass is 16.5. The third-order valence-electron chi connectivity index (χ3n) is 2.27. The fourth-order valence-electron chi connectivity index (χ4n) is 1.70. The molecule has 0 bridgehead atoms. The number of nitrogens with one attached hydrogen (secondary N) is 1. The van der Waals surface area contributed by atoms with E-state index in [0.29, 0.717) is 0 Å². The SMILES string of the molecule is CC(=O)Nc1cccc2c1CCCO2. The average molecular weight is 191 g/mol. The molecule has 0 radical (unpaired) electrons. The number of carbonyl (C=O) groups is 1. The Bertz CT molecular complexity index is 360. The molecule has 2 rings (SSSR count). The van der Waals surface area contributed by atoms with E-state index >= 15 is 0 Å². The van der Waals surface area contributed by atoms with E-state index in [1.165, 1.54) is 6.92 Å². The van der Waals surface area contributed by atoms with Gasteiger partial charge in [-0.1, -0.05) is 6.07 Å². The average Bonchev–Trinajstić information content (AvgIpc) is 2.18. The smallest absolute Gasteiger partial charge is 0.221 e. The van der Waals surface area contributed by atoms with Crippen LogP contribution in [0.25, 0.3) is 0 Å². The van der Waals surface area contributed by atoms with Crippen LogP contribution in [0, 0.1) is 0 Å². The summed E-state index contributed by atoms with van der Waals surface area (Å²) in [6.07, 6.45) is 2.00. The van der Waals surface area contributed by atoms with Gasteiger partial charge in [0.25, 0.3) is 0 Å². The summed E-state index contributed by atoms with van der Waals surface area (Å²) >= 11 is 0. The largest absolute Gasteiger partial charge is 0.493 e. The summed E-state index contributed by atoms with van der Waals surface area (Å²) in [4.78, 5) is 10.9. The van der Waals surface area contributed by atoms with E-state index in [9.17, 15) is 4.79 Å². The van der Waals surface area contributed by atoms with Crippen molar-refractivity contribution in [2.24, 2.45) is 0 Å². The topological polar surface area (TPSA) is 38.3 Å². The maximum absolute atomic E-state index is 10.9. The Labute approximate surface area is 83.1 Å². The second-order valence-corrected chi connectivity index (χ2v) is 3.42. The van der Waals surface area contributed by atoms with Crippen LogP contribution in [-0.2, 0) is 11.2 Å². The van der Waals surface area contributed by atoms with Crippen molar-refractivity contribution < 1.29 is 9.53 Å². The van der Waals surface area contributed by atoms with Crippen LogP contribution in [0.15, 0.2) is 18.2 Å². The number of amides is 1. The Kier molecular flexibility index (Phi) is 2.39. The molecule has 74 valence electrons. The third kappa shape index (κ3) is 1.71. The first kappa shape index (κ1) is 9.06. The Balaban J connectivity index is 2.35. The predicted molar refractivity (Wildman–Crippen MR) is 54.6 cm³/mol. The van der Waals surface area contributed by atoms with E-state index in [0.717, 1.165) is 36.4 Å². The number of benzene rings is 1. The highest BCUT2D eigenvalue weighted by Gasteiger charge is 2.14. The van der Waals surface area contributed by atoms with Gasteiger partial charge in [0.15, 0.2) is 0 Å². The van der Waals surface area contributed by atoms with E-state index in [4.69, 9.17) is 4.74 Å². The Morgan fingerprint density at radius 2 is 2.36 bits per heavy atom. The molecule has 0 aliphatic carbocycles. The molecule has 0 spiro atoms. The molecule has 0 saturated carbocycles. The zero-order valence-electron chi connectivity index (χ0n) is 8.17. The zero-order chi connectivity index (χ0) is 9.97. The van der Waals surface area contributed by atoms with Crippen molar-refractivity contribution in [3.8, 4) is 5.75 Å². The monoisotopic (exact) mass is 191 g/mol. The summed E-state index contributed by atoms with van der Waals surface area (Å²) in [5.74, 6) is 0.867. The maximum atomic E-state index is 10.9. The van der Waals surface area contributed by atoms with E-state index in [1.54, 1.807) is 0 Å². The minimum Gasteiger partial charge on any atom is -0.493 e. The number of hydrogen-bond acceptors (Lipinski definition) is 2. The molecule has 0 fully saturated rings. The second kappa shape index (κ2) is 3.70. The first-order valence-electron chi connectivity index (χ1n) is 4.79. The van der Waals surface area contributed by atoms with Gasteiger partial charge in [0.2, 0.25) is 5.91 Å². The van der Waals surface area contributed by atoms with Crippen LogP contribution >= 0.6 is 0 Å². The molecule has 1 aromatic rings. The molecular weight excluding hydrogens is 178 g/mol. The normalized spacial score (nSPS) is 14.1. The van der Waals surface area contributed by atoms with Crippen LogP contribution in [0.3, 0.4) is 0 Å². The van der Waals surface area contributed by atoms with Crippen LogP contribution in [0.4, 0.5) is 5.69 Å². The van der Waals surface area contributed by atoms with Crippen molar-refractivity contribution in [3.05, 3.63) is 23.8 Å². The quantitative estimate of drug-likeness (QED) is 0.737. The second-order valence-electron chi connectivity index (χ2n) is 3.42. The minimum absolute atomic E-state index is 0.0380. The number of rotatable bonds is 1. The van der Waals surface area contributed by atoms with Gasteiger partial charge in [-0.2, -0.15) is 0 Å². The molecule has 3 nitrogen and oxygen atoms in total. The molecule has 1 aromatic carbocycles. The summed E-state index contributed by atoms with van der Waals surface area (Å²) in [7, 11) is 0. The van der Waals surface area contributed by atoms with Crippen molar-refractivity contribution in [1.82, 2.24) is 0 Å². The van der Waals surface area contributed by atoms with Gasteiger partial charge in [0, 0.05) is 18.2 Å². The van der Waals surface area contributed by atoms with Crippen molar-refractivity contribution in [2.45, 2.75) is 19.8 Å².